The Kier molecular flexibility index (Phi) is 4.84. The van der Waals surface area contributed by atoms with Gasteiger partial charge in [0.25, 0.3) is 0 Å². The van der Waals surface area contributed by atoms with Crippen molar-refractivity contribution < 1.29 is 4.39 Å². The maximum Gasteiger partial charge on any atom is 0.137 e. The summed E-state index contributed by atoms with van der Waals surface area (Å²) in [5.41, 5.74) is 1.43. The summed E-state index contributed by atoms with van der Waals surface area (Å²) in [6.07, 6.45) is 12.2. The molecule has 1 heterocycles. The van der Waals surface area contributed by atoms with Crippen molar-refractivity contribution in [3.63, 3.8) is 0 Å². The molecule has 2 saturated carbocycles. The minimum atomic E-state index is -0.148. The Morgan fingerprint density at radius 2 is 1.92 bits per heavy atom. The van der Waals surface area contributed by atoms with Gasteiger partial charge in [0, 0.05) is 18.0 Å². The first-order chi connectivity index (χ1) is 12.3. The lowest BCUT2D eigenvalue weighted by molar-refractivity contribution is 0.255. The van der Waals surface area contributed by atoms with Crippen molar-refractivity contribution >= 4 is 0 Å². The van der Waals surface area contributed by atoms with Gasteiger partial charge in [0.05, 0.1) is 6.54 Å². The van der Waals surface area contributed by atoms with E-state index in [-0.39, 0.29) is 11.2 Å². The molecule has 0 spiro atoms. The lowest BCUT2D eigenvalue weighted by Crippen LogP contribution is -2.46. The van der Waals surface area contributed by atoms with E-state index < -0.39 is 0 Å². The van der Waals surface area contributed by atoms with E-state index in [0.29, 0.717) is 6.04 Å². The van der Waals surface area contributed by atoms with Crippen molar-refractivity contribution in [2.24, 2.45) is 5.92 Å². The van der Waals surface area contributed by atoms with Gasteiger partial charge in [-0.2, -0.15) is 5.10 Å². The van der Waals surface area contributed by atoms with Crippen LogP contribution in [0.15, 0.2) is 36.9 Å². The standard InChI is InChI=1S/C20H27FN4/c21-18-8-6-17(7-9-18)20(10-2-1-3-11-20)13-23-19(16-4-5-16)12-25-15-22-14-24-25/h6-9,14-16,19,23H,1-5,10-13H2/t19-/m0/s1. The molecule has 0 saturated heterocycles. The molecule has 1 N–H and O–H groups in total. The van der Waals surface area contributed by atoms with E-state index in [2.05, 4.69) is 15.4 Å². The first-order valence-corrected chi connectivity index (χ1v) is 9.57. The van der Waals surface area contributed by atoms with Crippen LogP contribution in [0.1, 0.15) is 50.5 Å². The van der Waals surface area contributed by atoms with E-state index in [1.54, 1.807) is 24.8 Å². The zero-order valence-corrected chi connectivity index (χ0v) is 14.7. The Morgan fingerprint density at radius 1 is 1.16 bits per heavy atom. The average molecular weight is 342 g/mol. The number of nitrogens with one attached hydrogen (secondary N) is 1. The zero-order valence-electron chi connectivity index (χ0n) is 14.7. The van der Waals surface area contributed by atoms with E-state index >= 15 is 0 Å². The fraction of sp³-hybridized carbons (Fsp3) is 0.600. The number of aromatic nitrogens is 3. The molecule has 0 amide bonds. The number of benzene rings is 1. The summed E-state index contributed by atoms with van der Waals surface area (Å²) in [5, 5.41) is 8.13. The van der Waals surface area contributed by atoms with Crippen LogP contribution in [0.5, 0.6) is 0 Å². The molecule has 5 heteroatoms. The quantitative estimate of drug-likeness (QED) is 0.834. The van der Waals surface area contributed by atoms with Crippen LogP contribution in [0.3, 0.4) is 0 Å². The summed E-state index contributed by atoms with van der Waals surface area (Å²) in [5.74, 6) is 0.600. The van der Waals surface area contributed by atoms with E-state index in [1.807, 2.05) is 16.8 Å². The van der Waals surface area contributed by atoms with Crippen LogP contribution in [0.4, 0.5) is 4.39 Å². The molecular formula is C20H27FN4. The van der Waals surface area contributed by atoms with Gasteiger partial charge in [-0.3, -0.25) is 4.68 Å². The highest BCUT2D eigenvalue weighted by molar-refractivity contribution is 5.27. The molecule has 1 aromatic carbocycles. The van der Waals surface area contributed by atoms with Gasteiger partial charge >= 0.3 is 0 Å². The Bertz CT molecular complexity index is 658. The Labute approximate surface area is 148 Å². The predicted octanol–water partition coefficient (Wildman–Crippen LogP) is 3.69. The van der Waals surface area contributed by atoms with Gasteiger partial charge in [0.15, 0.2) is 0 Å². The SMILES string of the molecule is Fc1ccc(C2(CN[C@@H](Cn3cncn3)C3CC3)CCCCC2)cc1. The molecule has 0 radical (unpaired) electrons. The maximum atomic E-state index is 13.4. The third kappa shape index (κ3) is 3.92. The molecule has 4 nitrogen and oxygen atoms in total. The fourth-order valence-corrected chi connectivity index (χ4v) is 4.33. The van der Waals surface area contributed by atoms with E-state index in [0.717, 1.165) is 19.0 Å². The Balaban J connectivity index is 1.49. The van der Waals surface area contributed by atoms with Crippen LogP contribution in [-0.2, 0) is 12.0 Å². The molecule has 1 aromatic heterocycles. The van der Waals surface area contributed by atoms with Crippen molar-refractivity contribution in [1.29, 1.82) is 0 Å². The van der Waals surface area contributed by atoms with Crippen LogP contribution in [0.2, 0.25) is 0 Å². The summed E-state index contributed by atoms with van der Waals surface area (Å²) in [6.45, 7) is 1.85. The molecule has 2 aromatic rings. The topological polar surface area (TPSA) is 42.7 Å². The summed E-state index contributed by atoms with van der Waals surface area (Å²) in [6, 6.07) is 7.65. The number of hydrogen-bond donors (Lipinski definition) is 1. The fourth-order valence-electron chi connectivity index (χ4n) is 4.33. The number of nitrogens with zero attached hydrogens (tertiary/aromatic N) is 3. The summed E-state index contributed by atoms with van der Waals surface area (Å²) in [7, 11) is 0. The van der Waals surface area contributed by atoms with Gasteiger partial charge < -0.3 is 5.32 Å². The number of halogens is 1. The highest BCUT2D eigenvalue weighted by Gasteiger charge is 2.37. The van der Waals surface area contributed by atoms with E-state index in [9.17, 15) is 4.39 Å². The summed E-state index contributed by atoms with van der Waals surface area (Å²) < 4.78 is 15.3. The van der Waals surface area contributed by atoms with Crippen molar-refractivity contribution in [3.05, 3.63) is 48.3 Å². The molecule has 0 aliphatic heterocycles. The first kappa shape index (κ1) is 16.7. The molecule has 1 atom stereocenters. The summed E-state index contributed by atoms with van der Waals surface area (Å²) >= 11 is 0. The Hall–Kier alpha value is -1.75. The second kappa shape index (κ2) is 7.24. The van der Waals surface area contributed by atoms with Crippen LogP contribution in [0, 0.1) is 11.7 Å². The van der Waals surface area contributed by atoms with Crippen molar-refractivity contribution in [3.8, 4) is 0 Å². The third-order valence-electron chi connectivity index (χ3n) is 6.01. The normalized spacial score (nSPS) is 21.2. The molecular weight excluding hydrogens is 315 g/mol. The molecule has 25 heavy (non-hydrogen) atoms. The molecule has 0 bridgehead atoms. The molecule has 2 aliphatic rings. The lowest BCUT2D eigenvalue weighted by atomic mass is 9.69. The second-order valence-electron chi connectivity index (χ2n) is 7.79. The van der Waals surface area contributed by atoms with Gasteiger partial charge in [-0.1, -0.05) is 31.4 Å². The van der Waals surface area contributed by atoms with E-state index in [4.69, 9.17) is 0 Å². The van der Waals surface area contributed by atoms with Crippen LogP contribution in [0.25, 0.3) is 0 Å². The van der Waals surface area contributed by atoms with Crippen LogP contribution >= 0.6 is 0 Å². The van der Waals surface area contributed by atoms with Crippen molar-refractivity contribution in [1.82, 2.24) is 20.1 Å². The predicted molar refractivity (Wildman–Crippen MR) is 95.7 cm³/mol. The van der Waals surface area contributed by atoms with E-state index in [1.165, 1.54) is 50.5 Å². The molecule has 0 unspecified atom stereocenters. The van der Waals surface area contributed by atoms with Crippen LogP contribution in [-0.4, -0.2) is 27.4 Å². The van der Waals surface area contributed by atoms with Gasteiger partial charge in [-0.25, -0.2) is 9.37 Å². The Morgan fingerprint density at radius 3 is 2.56 bits per heavy atom. The third-order valence-corrected chi connectivity index (χ3v) is 6.01. The first-order valence-electron chi connectivity index (χ1n) is 9.57. The van der Waals surface area contributed by atoms with Crippen LogP contribution < -0.4 is 5.32 Å². The second-order valence-corrected chi connectivity index (χ2v) is 7.79. The monoisotopic (exact) mass is 342 g/mol. The van der Waals surface area contributed by atoms with Gasteiger partial charge in [-0.05, 0) is 49.3 Å². The number of hydrogen-bond acceptors (Lipinski definition) is 3. The molecule has 2 aliphatic carbocycles. The number of rotatable bonds is 7. The zero-order chi connectivity index (χ0) is 17.1. The van der Waals surface area contributed by atoms with Gasteiger partial charge in [0.2, 0.25) is 0 Å². The average Bonchev–Trinajstić information content (AvgIpc) is 3.36. The van der Waals surface area contributed by atoms with Crippen molar-refractivity contribution in [2.75, 3.05) is 6.54 Å². The smallest absolute Gasteiger partial charge is 0.137 e. The summed E-state index contributed by atoms with van der Waals surface area (Å²) in [4.78, 5) is 4.06. The highest BCUT2D eigenvalue weighted by Crippen LogP contribution is 2.40. The minimum absolute atomic E-state index is 0.140. The minimum Gasteiger partial charge on any atom is -0.311 e. The van der Waals surface area contributed by atoms with Gasteiger partial charge in [-0.15, -0.1) is 0 Å². The molecule has 4 rings (SSSR count). The lowest BCUT2D eigenvalue weighted by Gasteiger charge is -2.39. The largest absolute Gasteiger partial charge is 0.311 e. The highest BCUT2D eigenvalue weighted by atomic mass is 19.1. The molecule has 2 fully saturated rings. The van der Waals surface area contributed by atoms with Gasteiger partial charge in [0.1, 0.15) is 18.5 Å². The molecule has 134 valence electrons. The maximum absolute atomic E-state index is 13.4. The van der Waals surface area contributed by atoms with Crippen molar-refractivity contribution in [2.45, 2.75) is 62.9 Å².